The van der Waals surface area contributed by atoms with Gasteiger partial charge >= 0.3 is 6.03 Å². The normalized spacial score (nSPS) is 10.2. The first-order valence-electron chi connectivity index (χ1n) is 7.89. The maximum absolute atomic E-state index is 11.9. The van der Waals surface area contributed by atoms with Gasteiger partial charge < -0.3 is 20.1 Å². The third kappa shape index (κ3) is 4.91. The fourth-order valence-corrected chi connectivity index (χ4v) is 2.59. The molecule has 128 valence electrons. The smallest absolute Gasteiger partial charge is 0.319 e. The SMILES string of the molecule is COc1cccc(NC(=O)NCCOc2c(C)cc(C)cc2C)c1. The van der Waals surface area contributed by atoms with E-state index in [1.807, 2.05) is 26.0 Å². The molecule has 0 aromatic heterocycles. The lowest BCUT2D eigenvalue weighted by atomic mass is 10.1. The molecule has 0 heterocycles. The number of amides is 2. The zero-order chi connectivity index (χ0) is 17.5. The van der Waals surface area contributed by atoms with E-state index in [2.05, 4.69) is 29.7 Å². The van der Waals surface area contributed by atoms with Gasteiger partial charge in [-0.1, -0.05) is 23.8 Å². The molecule has 0 saturated carbocycles. The number of nitrogens with one attached hydrogen (secondary N) is 2. The second-order valence-corrected chi connectivity index (χ2v) is 5.69. The Balaban J connectivity index is 1.79. The highest BCUT2D eigenvalue weighted by Gasteiger charge is 2.06. The van der Waals surface area contributed by atoms with Gasteiger partial charge in [-0.25, -0.2) is 4.79 Å². The highest BCUT2D eigenvalue weighted by molar-refractivity contribution is 5.89. The average molecular weight is 328 g/mol. The highest BCUT2D eigenvalue weighted by Crippen LogP contribution is 2.24. The van der Waals surface area contributed by atoms with E-state index in [0.29, 0.717) is 24.6 Å². The van der Waals surface area contributed by atoms with Crippen molar-refractivity contribution < 1.29 is 14.3 Å². The summed E-state index contributed by atoms with van der Waals surface area (Å²) < 4.78 is 10.9. The van der Waals surface area contributed by atoms with E-state index in [4.69, 9.17) is 9.47 Å². The molecule has 0 aliphatic rings. The Morgan fingerprint density at radius 2 is 1.79 bits per heavy atom. The van der Waals surface area contributed by atoms with Crippen LogP contribution in [0.3, 0.4) is 0 Å². The van der Waals surface area contributed by atoms with Gasteiger partial charge in [-0.15, -0.1) is 0 Å². The number of rotatable bonds is 6. The molecule has 0 spiro atoms. The van der Waals surface area contributed by atoms with Gasteiger partial charge in [0.2, 0.25) is 0 Å². The number of hydrogen-bond donors (Lipinski definition) is 2. The van der Waals surface area contributed by atoms with Crippen molar-refractivity contribution in [2.75, 3.05) is 25.6 Å². The van der Waals surface area contributed by atoms with E-state index in [0.717, 1.165) is 16.9 Å². The fraction of sp³-hybridized carbons (Fsp3) is 0.316. The van der Waals surface area contributed by atoms with Crippen molar-refractivity contribution >= 4 is 11.7 Å². The van der Waals surface area contributed by atoms with Crippen molar-refractivity contribution in [3.05, 3.63) is 53.1 Å². The molecule has 0 unspecified atom stereocenters. The standard InChI is InChI=1S/C19H24N2O3/c1-13-10-14(2)18(15(3)11-13)24-9-8-20-19(22)21-16-6-5-7-17(12-16)23-4/h5-7,10-12H,8-9H2,1-4H3,(H2,20,21,22). The molecule has 0 saturated heterocycles. The molecular weight excluding hydrogens is 304 g/mol. The fourth-order valence-electron chi connectivity index (χ4n) is 2.59. The molecule has 0 fully saturated rings. The summed E-state index contributed by atoms with van der Waals surface area (Å²) in [5.74, 6) is 1.58. The summed E-state index contributed by atoms with van der Waals surface area (Å²) >= 11 is 0. The van der Waals surface area contributed by atoms with Crippen molar-refractivity contribution in [1.82, 2.24) is 5.32 Å². The van der Waals surface area contributed by atoms with Crippen LogP contribution in [-0.2, 0) is 0 Å². The van der Waals surface area contributed by atoms with Crippen molar-refractivity contribution in [1.29, 1.82) is 0 Å². The molecule has 0 aliphatic heterocycles. The Kier molecular flexibility index (Phi) is 6.07. The minimum absolute atomic E-state index is 0.274. The van der Waals surface area contributed by atoms with Crippen LogP contribution in [0.5, 0.6) is 11.5 Å². The van der Waals surface area contributed by atoms with Crippen LogP contribution in [0.25, 0.3) is 0 Å². The molecule has 2 amide bonds. The molecule has 0 bridgehead atoms. The van der Waals surface area contributed by atoms with Gasteiger partial charge in [0.25, 0.3) is 0 Å². The molecule has 0 radical (unpaired) electrons. The summed E-state index contributed by atoms with van der Waals surface area (Å²) in [5, 5.41) is 5.53. The lowest BCUT2D eigenvalue weighted by Crippen LogP contribution is -2.32. The molecule has 2 rings (SSSR count). The molecule has 2 aromatic rings. The average Bonchev–Trinajstić information content (AvgIpc) is 2.53. The van der Waals surface area contributed by atoms with Crippen LogP contribution < -0.4 is 20.1 Å². The van der Waals surface area contributed by atoms with Crippen LogP contribution in [0.1, 0.15) is 16.7 Å². The van der Waals surface area contributed by atoms with E-state index >= 15 is 0 Å². The number of carbonyl (C=O) groups is 1. The quantitative estimate of drug-likeness (QED) is 0.793. The Morgan fingerprint density at radius 3 is 2.46 bits per heavy atom. The zero-order valence-electron chi connectivity index (χ0n) is 14.6. The topological polar surface area (TPSA) is 59.6 Å². The van der Waals surface area contributed by atoms with Crippen LogP contribution in [0, 0.1) is 20.8 Å². The number of ether oxygens (including phenoxy) is 2. The van der Waals surface area contributed by atoms with E-state index in [-0.39, 0.29) is 6.03 Å². The van der Waals surface area contributed by atoms with Gasteiger partial charge in [0.1, 0.15) is 18.1 Å². The van der Waals surface area contributed by atoms with Crippen LogP contribution in [0.4, 0.5) is 10.5 Å². The third-order valence-electron chi connectivity index (χ3n) is 3.57. The van der Waals surface area contributed by atoms with Crippen molar-refractivity contribution in [3.8, 4) is 11.5 Å². The first kappa shape index (κ1) is 17.7. The Labute approximate surface area is 143 Å². The zero-order valence-corrected chi connectivity index (χ0v) is 14.6. The number of anilines is 1. The molecule has 2 N–H and O–H groups in total. The number of urea groups is 1. The van der Waals surface area contributed by atoms with Crippen molar-refractivity contribution in [2.45, 2.75) is 20.8 Å². The summed E-state index contributed by atoms with van der Waals surface area (Å²) in [6.45, 7) is 6.95. The second-order valence-electron chi connectivity index (χ2n) is 5.69. The molecule has 0 atom stereocenters. The van der Waals surface area contributed by atoms with Gasteiger partial charge in [0.05, 0.1) is 13.7 Å². The van der Waals surface area contributed by atoms with Gasteiger partial charge in [0, 0.05) is 11.8 Å². The number of methoxy groups -OCH3 is 1. The Morgan fingerprint density at radius 1 is 1.08 bits per heavy atom. The van der Waals surface area contributed by atoms with Crippen LogP contribution in [0.15, 0.2) is 36.4 Å². The molecule has 24 heavy (non-hydrogen) atoms. The molecule has 5 heteroatoms. The van der Waals surface area contributed by atoms with Gasteiger partial charge in [-0.3, -0.25) is 0 Å². The summed E-state index contributed by atoms with van der Waals surface area (Å²) in [7, 11) is 1.59. The van der Waals surface area contributed by atoms with Gasteiger partial charge in [-0.05, 0) is 44.0 Å². The minimum Gasteiger partial charge on any atom is -0.497 e. The van der Waals surface area contributed by atoms with Gasteiger partial charge in [0.15, 0.2) is 0 Å². The van der Waals surface area contributed by atoms with Crippen LogP contribution in [0.2, 0.25) is 0 Å². The Bertz CT molecular complexity index is 691. The monoisotopic (exact) mass is 328 g/mol. The van der Waals surface area contributed by atoms with Crippen LogP contribution in [-0.4, -0.2) is 26.3 Å². The maximum Gasteiger partial charge on any atom is 0.319 e. The van der Waals surface area contributed by atoms with E-state index in [9.17, 15) is 4.79 Å². The first-order valence-corrected chi connectivity index (χ1v) is 7.89. The number of carbonyl (C=O) groups excluding carboxylic acids is 1. The first-order chi connectivity index (χ1) is 11.5. The predicted molar refractivity (Wildman–Crippen MR) is 96.2 cm³/mol. The molecule has 2 aromatic carbocycles. The van der Waals surface area contributed by atoms with E-state index in [1.165, 1.54) is 5.56 Å². The highest BCUT2D eigenvalue weighted by atomic mass is 16.5. The van der Waals surface area contributed by atoms with Gasteiger partial charge in [-0.2, -0.15) is 0 Å². The van der Waals surface area contributed by atoms with E-state index in [1.54, 1.807) is 19.2 Å². The summed E-state index contributed by atoms with van der Waals surface area (Å²) in [4.78, 5) is 11.9. The number of aryl methyl sites for hydroxylation is 3. The van der Waals surface area contributed by atoms with Crippen LogP contribution >= 0.6 is 0 Å². The number of benzene rings is 2. The van der Waals surface area contributed by atoms with Crippen molar-refractivity contribution in [2.24, 2.45) is 0 Å². The molecule has 5 nitrogen and oxygen atoms in total. The lowest BCUT2D eigenvalue weighted by Gasteiger charge is -2.14. The third-order valence-corrected chi connectivity index (χ3v) is 3.57. The van der Waals surface area contributed by atoms with E-state index < -0.39 is 0 Å². The molecular formula is C19H24N2O3. The summed E-state index contributed by atoms with van der Waals surface area (Å²) in [6, 6.07) is 11.1. The van der Waals surface area contributed by atoms with Crippen molar-refractivity contribution in [3.63, 3.8) is 0 Å². The number of hydrogen-bond acceptors (Lipinski definition) is 3. The largest absolute Gasteiger partial charge is 0.497 e. The summed E-state index contributed by atoms with van der Waals surface area (Å²) in [6.07, 6.45) is 0. The lowest BCUT2D eigenvalue weighted by molar-refractivity contribution is 0.247. The predicted octanol–water partition coefficient (Wildman–Crippen LogP) is 3.82. The Hall–Kier alpha value is -2.69. The molecule has 0 aliphatic carbocycles. The second kappa shape index (κ2) is 8.24. The minimum atomic E-state index is -0.274. The maximum atomic E-state index is 11.9. The summed E-state index contributed by atoms with van der Waals surface area (Å²) in [5.41, 5.74) is 4.10.